The number of para-hydroxylation sites is 1. The van der Waals surface area contributed by atoms with Crippen molar-refractivity contribution in [3.05, 3.63) is 47.3 Å². The number of hydrogen-bond acceptors (Lipinski definition) is 6. The zero-order valence-electron chi connectivity index (χ0n) is 18.6. The van der Waals surface area contributed by atoms with E-state index in [0.29, 0.717) is 12.2 Å². The average molecular weight is 426 g/mol. The summed E-state index contributed by atoms with van der Waals surface area (Å²) in [6.45, 7) is 6.89. The van der Waals surface area contributed by atoms with Crippen molar-refractivity contribution >= 4 is 17.8 Å². The van der Waals surface area contributed by atoms with E-state index >= 15 is 0 Å². The number of carbonyl (C=O) groups excluding carboxylic acids is 2. The number of aromatic nitrogens is 2. The molecule has 1 atom stereocenters. The molecule has 1 aliphatic heterocycles. The van der Waals surface area contributed by atoms with Crippen LogP contribution in [0.25, 0.3) is 0 Å². The third kappa shape index (κ3) is 6.16. The van der Waals surface area contributed by atoms with Gasteiger partial charge in [0.1, 0.15) is 11.8 Å². The largest absolute Gasteiger partial charge is 0.496 e. The Morgan fingerprint density at radius 3 is 2.42 bits per heavy atom. The Morgan fingerprint density at radius 1 is 1.16 bits per heavy atom. The number of carbonyl (C=O) groups is 2. The van der Waals surface area contributed by atoms with Crippen molar-refractivity contribution in [3.63, 3.8) is 0 Å². The molecule has 1 saturated heterocycles. The minimum absolute atomic E-state index is 0.0450. The van der Waals surface area contributed by atoms with E-state index in [1.54, 1.807) is 7.11 Å². The Hall–Kier alpha value is -3.16. The van der Waals surface area contributed by atoms with Crippen molar-refractivity contribution in [2.75, 3.05) is 25.1 Å². The number of ether oxygens (including phenoxy) is 1. The molecular formula is C23H31N5O3. The third-order valence-electron chi connectivity index (χ3n) is 5.41. The Morgan fingerprint density at radius 2 is 1.81 bits per heavy atom. The van der Waals surface area contributed by atoms with Crippen molar-refractivity contribution in [1.82, 2.24) is 20.6 Å². The summed E-state index contributed by atoms with van der Waals surface area (Å²) in [5, 5.41) is 5.89. The molecule has 0 aliphatic carbocycles. The van der Waals surface area contributed by atoms with Crippen LogP contribution in [0.2, 0.25) is 0 Å². The van der Waals surface area contributed by atoms with Gasteiger partial charge in [0, 0.05) is 43.9 Å². The number of nitrogens with zero attached hydrogens (tertiary/aromatic N) is 3. The minimum atomic E-state index is -0.658. The highest BCUT2D eigenvalue weighted by Gasteiger charge is 2.27. The molecular weight excluding hydrogens is 394 g/mol. The number of anilines is 1. The molecule has 0 unspecified atom stereocenters. The normalized spacial score (nSPS) is 15.3. The lowest BCUT2D eigenvalue weighted by Gasteiger charge is -2.33. The van der Waals surface area contributed by atoms with Gasteiger partial charge in [0.15, 0.2) is 0 Å². The fraction of sp³-hybridized carbons (Fsp3) is 0.478. The monoisotopic (exact) mass is 425 g/mol. The van der Waals surface area contributed by atoms with Crippen LogP contribution in [0.5, 0.6) is 5.75 Å². The second-order valence-electron chi connectivity index (χ2n) is 7.99. The van der Waals surface area contributed by atoms with Crippen LogP contribution in [-0.2, 0) is 16.0 Å². The van der Waals surface area contributed by atoms with Crippen molar-refractivity contribution in [2.45, 2.75) is 52.1 Å². The molecule has 8 nitrogen and oxygen atoms in total. The zero-order valence-corrected chi connectivity index (χ0v) is 18.6. The molecule has 1 aromatic heterocycles. The van der Waals surface area contributed by atoms with Crippen LogP contribution in [0.15, 0.2) is 30.3 Å². The molecule has 2 aromatic rings. The first-order valence-electron chi connectivity index (χ1n) is 10.6. The highest BCUT2D eigenvalue weighted by Crippen LogP contribution is 2.20. The molecule has 31 heavy (non-hydrogen) atoms. The third-order valence-corrected chi connectivity index (χ3v) is 5.41. The van der Waals surface area contributed by atoms with Crippen molar-refractivity contribution < 1.29 is 14.3 Å². The number of amides is 2. The van der Waals surface area contributed by atoms with E-state index in [1.165, 1.54) is 6.92 Å². The molecule has 2 N–H and O–H groups in total. The van der Waals surface area contributed by atoms with E-state index < -0.39 is 6.04 Å². The lowest BCUT2D eigenvalue weighted by Crippen LogP contribution is -2.52. The molecule has 8 heteroatoms. The average Bonchev–Trinajstić information content (AvgIpc) is 2.73. The van der Waals surface area contributed by atoms with Crippen LogP contribution < -0.4 is 20.3 Å². The van der Waals surface area contributed by atoms with Gasteiger partial charge in [0.05, 0.1) is 7.11 Å². The van der Waals surface area contributed by atoms with Crippen molar-refractivity contribution in [1.29, 1.82) is 0 Å². The molecule has 2 heterocycles. The molecule has 0 saturated carbocycles. The number of methoxy groups -OCH3 is 1. The molecule has 2 amide bonds. The van der Waals surface area contributed by atoms with Gasteiger partial charge in [-0.25, -0.2) is 9.97 Å². The summed E-state index contributed by atoms with van der Waals surface area (Å²) in [4.78, 5) is 35.9. The van der Waals surface area contributed by atoms with Crippen LogP contribution in [0.3, 0.4) is 0 Å². The van der Waals surface area contributed by atoms with Gasteiger partial charge in [-0.15, -0.1) is 0 Å². The van der Waals surface area contributed by atoms with Gasteiger partial charge in [0.25, 0.3) is 0 Å². The van der Waals surface area contributed by atoms with E-state index in [4.69, 9.17) is 4.74 Å². The predicted molar refractivity (Wildman–Crippen MR) is 119 cm³/mol. The van der Waals surface area contributed by atoms with Gasteiger partial charge in [-0.05, 0) is 44.4 Å². The van der Waals surface area contributed by atoms with Gasteiger partial charge in [-0.2, -0.15) is 0 Å². The highest BCUT2D eigenvalue weighted by molar-refractivity contribution is 5.87. The van der Waals surface area contributed by atoms with Crippen LogP contribution in [0, 0.1) is 13.8 Å². The number of aryl methyl sites for hydroxylation is 2. The molecule has 1 fully saturated rings. The summed E-state index contributed by atoms with van der Waals surface area (Å²) in [5.41, 5.74) is 2.78. The van der Waals surface area contributed by atoms with E-state index in [0.717, 1.165) is 48.8 Å². The van der Waals surface area contributed by atoms with Crippen LogP contribution in [0.1, 0.15) is 36.7 Å². The Labute approximate surface area is 183 Å². The first-order chi connectivity index (χ1) is 14.9. The molecule has 1 aliphatic rings. The standard InChI is InChI=1S/C23H31N5O3/c1-15-13-16(2)25-23(24-15)28-11-9-19(10-12-28)27-22(30)20(26-17(3)29)14-18-7-5-6-8-21(18)31-4/h5-8,13,19-20H,9-12,14H2,1-4H3,(H,26,29)(H,27,30)/t20-/m0/s1. The summed E-state index contributed by atoms with van der Waals surface area (Å²) in [5.74, 6) is 1.03. The predicted octanol–water partition coefficient (Wildman–Crippen LogP) is 1.93. The van der Waals surface area contributed by atoms with Crippen molar-refractivity contribution in [3.8, 4) is 5.75 Å². The van der Waals surface area contributed by atoms with Crippen LogP contribution in [0.4, 0.5) is 5.95 Å². The summed E-state index contributed by atoms with van der Waals surface area (Å²) < 4.78 is 5.39. The van der Waals surface area contributed by atoms with Crippen LogP contribution >= 0.6 is 0 Å². The lowest BCUT2D eigenvalue weighted by atomic mass is 10.0. The smallest absolute Gasteiger partial charge is 0.243 e. The summed E-state index contributed by atoms with van der Waals surface area (Å²) in [6, 6.07) is 8.87. The van der Waals surface area contributed by atoms with E-state index in [2.05, 4.69) is 25.5 Å². The van der Waals surface area contributed by atoms with Gasteiger partial charge in [0.2, 0.25) is 17.8 Å². The summed E-state index contributed by atoms with van der Waals surface area (Å²) >= 11 is 0. The molecule has 0 radical (unpaired) electrons. The molecule has 0 bridgehead atoms. The Balaban J connectivity index is 1.61. The topological polar surface area (TPSA) is 96.4 Å². The second-order valence-corrected chi connectivity index (χ2v) is 7.99. The van der Waals surface area contributed by atoms with Crippen LogP contribution in [-0.4, -0.2) is 54.1 Å². The number of piperidine rings is 1. The molecule has 3 rings (SSSR count). The summed E-state index contributed by atoms with van der Waals surface area (Å²) in [7, 11) is 1.60. The SMILES string of the molecule is COc1ccccc1C[C@H](NC(C)=O)C(=O)NC1CCN(c2nc(C)cc(C)n2)CC1. The molecule has 166 valence electrons. The van der Waals surface area contributed by atoms with Crippen molar-refractivity contribution in [2.24, 2.45) is 0 Å². The lowest BCUT2D eigenvalue weighted by molar-refractivity contribution is -0.128. The number of nitrogens with one attached hydrogen (secondary N) is 2. The quantitative estimate of drug-likeness (QED) is 0.704. The minimum Gasteiger partial charge on any atom is -0.496 e. The fourth-order valence-corrected chi connectivity index (χ4v) is 3.92. The highest BCUT2D eigenvalue weighted by atomic mass is 16.5. The first-order valence-corrected chi connectivity index (χ1v) is 10.6. The van der Waals surface area contributed by atoms with E-state index in [1.807, 2.05) is 44.2 Å². The Bertz CT molecular complexity index is 905. The number of benzene rings is 1. The maximum absolute atomic E-state index is 13.0. The van der Waals surface area contributed by atoms with Gasteiger partial charge in [-0.1, -0.05) is 18.2 Å². The van der Waals surface area contributed by atoms with E-state index in [9.17, 15) is 9.59 Å². The first kappa shape index (κ1) is 22.5. The molecule has 0 spiro atoms. The number of hydrogen-bond donors (Lipinski definition) is 2. The van der Waals surface area contributed by atoms with Gasteiger partial charge < -0.3 is 20.3 Å². The van der Waals surface area contributed by atoms with Gasteiger partial charge >= 0.3 is 0 Å². The maximum Gasteiger partial charge on any atom is 0.243 e. The Kier molecular flexibility index (Phi) is 7.44. The zero-order chi connectivity index (χ0) is 22.4. The summed E-state index contributed by atoms with van der Waals surface area (Å²) in [6.07, 6.45) is 1.96. The second kappa shape index (κ2) is 10.2. The maximum atomic E-state index is 13.0. The van der Waals surface area contributed by atoms with Gasteiger partial charge in [-0.3, -0.25) is 9.59 Å². The number of rotatable bonds is 7. The molecule has 1 aromatic carbocycles. The fourth-order valence-electron chi connectivity index (χ4n) is 3.92. The van der Waals surface area contributed by atoms with E-state index in [-0.39, 0.29) is 17.9 Å².